The number of nitrogens with two attached hydrogens (primary N) is 1. The fourth-order valence-electron chi connectivity index (χ4n) is 2.36. The lowest BCUT2D eigenvalue weighted by atomic mass is 9.95. The number of aromatic nitrogens is 4. The van der Waals surface area contributed by atoms with E-state index in [1.807, 2.05) is 13.8 Å². The SMILES string of the molecule is CC.CC1CN(c2ncnc3[nH]ncc23)CCC1N. The molecule has 0 aliphatic carbocycles. The predicted molar refractivity (Wildman–Crippen MR) is 77.0 cm³/mol. The van der Waals surface area contributed by atoms with Gasteiger partial charge in [-0.05, 0) is 12.3 Å². The van der Waals surface area contributed by atoms with Gasteiger partial charge in [-0.1, -0.05) is 20.8 Å². The van der Waals surface area contributed by atoms with Crippen LogP contribution in [0.3, 0.4) is 0 Å². The fraction of sp³-hybridized carbons (Fsp3) is 0.615. The van der Waals surface area contributed by atoms with Crippen molar-refractivity contribution in [3.8, 4) is 0 Å². The normalized spacial score (nSPS) is 23.1. The number of fused-ring (bicyclic) bond motifs is 1. The van der Waals surface area contributed by atoms with E-state index in [0.717, 1.165) is 36.4 Å². The van der Waals surface area contributed by atoms with E-state index in [0.29, 0.717) is 12.0 Å². The van der Waals surface area contributed by atoms with Crippen LogP contribution in [-0.4, -0.2) is 39.3 Å². The number of H-pyrrole nitrogens is 1. The van der Waals surface area contributed by atoms with E-state index in [9.17, 15) is 0 Å². The molecule has 19 heavy (non-hydrogen) atoms. The highest BCUT2D eigenvalue weighted by Gasteiger charge is 2.25. The van der Waals surface area contributed by atoms with E-state index in [4.69, 9.17) is 5.73 Å². The molecule has 1 fully saturated rings. The average Bonchev–Trinajstić information content (AvgIpc) is 2.92. The molecule has 6 nitrogen and oxygen atoms in total. The third-order valence-corrected chi connectivity index (χ3v) is 3.50. The predicted octanol–water partition coefficient (Wildman–Crippen LogP) is 1.55. The Hall–Kier alpha value is -1.69. The van der Waals surface area contributed by atoms with Crippen molar-refractivity contribution in [3.05, 3.63) is 12.5 Å². The Morgan fingerprint density at radius 1 is 1.37 bits per heavy atom. The Balaban J connectivity index is 0.000000637. The number of piperidine rings is 1. The van der Waals surface area contributed by atoms with Crippen molar-refractivity contribution in [3.63, 3.8) is 0 Å². The molecule has 6 heteroatoms. The van der Waals surface area contributed by atoms with Crippen LogP contribution >= 0.6 is 0 Å². The average molecular weight is 262 g/mol. The lowest BCUT2D eigenvalue weighted by Crippen LogP contribution is -2.46. The zero-order valence-corrected chi connectivity index (χ0v) is 11.8. The summed E-state index contributed by atoms with van der Waals surface area (Å²) in [7, 11) is 0. The number of hydrogen-bond donors (Lipinski definition) is 2. The molecule has 3 heterocycles. The second kappa shape index (κ2) is 5.97. The summed E-state index contributed by atoms with van der Waals surface area (Å²) in [6.07, 6.45) is 4.36. The van der Waals surface area contributed by atoms with Crippen LogP contribution in [0.4, 0.5) is 5.82 Å². The molecule has 2 unspecified atom stereocenters. The number of aromatic amines is 1. The summed E-state index contributed by atoms with van der Waals surface area (Å²) in [5.41, 5.74) is 6.82. The molecular weight excluding hydrogens is 240 g/mol. The Morgan fingerprint density at radius 2 is 2.16 bits per heavy atom. The molecule has 0 amide bonds. The van der Waals surface area contributed by atoms with E-state index < -0.39 is 0 Å². The molecule has 0 aromatic carbocycles. The molecule has 2 aromatic rings. The Bertz CT molecular complexity index is 523. The van der Waals surface area contributed by atoms with Crippen molar-refractivity contribution >= 4 is 16.9 Å². The van der Waals surface area contributed by atoms with Crippen LogP contribution in [0.15, 0.2) is 12.5 Å². The Labute approximate surface area is 113 Å². The smallest absolute Gasteiger partial charge is 0.160 e. The highest BCUT2D eigenvalue weighted by Crippen LogP contribution is 2.25. The van der Waals surface area contributed by atoms with E-state index in [-0.39, 0.29) is 0 Å². The summed E-state index contributed by atoms with van der Waals surface area (Å²) in [5, 5.41) is 7.86. The first-order valence-corrected chi connectivity index (χ1v) is 6.90. The van der Waals surface area contributed by atoms with Crippen molar-refractivity contribution in [1.29, 1.82) is 0 Å². The van der Waals surface area contributed by atoms with Crippen LogP contribution in [0.2, 0.25) is 0 Å². The quantitative estimate of drug-likeness (QED) is 0.814. The van der Waals surface area contributed by atoms with Gasteiger partial charge in [0.05, 0.1) is 11.6 Å². The fourth-order valence-corrected chi connectivity index (χ4v) is 2.36. The molecule has 1 aliphatic heterocycles. The maximum atomic E-state index is 6.03. The van der Waals surface area contributed by atoms with Gasteiger partial charge >= 0.3 is 0 Å². The highest BCUT2D eigenvalue weighted by molar-refractivity contribution is 5.86. The van der Waals surface area contributed by atoms with Gasteiger partial charge in [-0.3, -0.25) is 5.10 Å². The highest BCUT2D eigenvalue weighted by atomic mass is 15.2. The Kier molecular flexibility index (Phi) is 4.31. The third kappa shape index (κ3) is 2.68. The lowest BCUT2D eigenvalue weighted by molar-refractivity contribution is 0.382. The summed E-state index contributed by atoms with van der Waals surface area (Å²) in [4.78, 5) is 10.8. The van der Waals surface area contributed by atoms with Gasteiger partial charge in [0.15, 0.2) is 5.65 Å². The van der Waals surface area contributed by atoms with Gasteiger partial charge < -0.3 is 10.6 Å². The molecule has 1 saturated heterocycles. The molecule has 2 aromatic heterocycles. The summed E-state index contributed by atoms with van der Waals surface area (Å²) in [6.45, 7) is 8.08. The maximum Gasteiger partial charge on any atom is 0.160 e. The van der Waals surface area contributed by atoms with E-state index in [1.54, 1.807) is 12.5 Å². The first-order chi connectivity index (χ1) is 9.25. The number of anilines is 1. The Morgan fingerprint density at radius 3 is 2.89 bits per heavy atom. The van der Waals surface area contributed by atoms with Crippen molar-refractivity contribution in [2.75, 3.05) is 18.0 Å². The number of nitrogens with zero attached hydrogens (tertiary/aromatic N) is 4. The van der Waals surface area contributed by atoms with Crippen molar-refractivity contribution < 1.29 is 0 Å². The van der Waals surface area contributed by atoms with Crippen LogP contribution in [-0.2, 0) is 0 Å². The van der Waals surface area contributed by atoms with Crippen LogP contribution < -0.4 is 10.6 Å². The minimum Gasteiger partial charge on any atom is -0.356 e. The molecule has 0 bridgehead atoms. The van der Waals surface area contributed by atoms with Gasteiger partial charge in [-0.25, -0.2) is 9.97 Å². The molecule has 0 radical (unpaired) electrons. The molecule has 2 atom stereocenters. The molecule has 1 aliphatic rings. The molecule has 3 rings (SSSR count). The van der Waals surface area contributed by atoms with E-state index >= 15 is 0 Å². The standard InChI is InChI=1S/C11H16N6.C2H6/c1-7-5-17(3-2-9(7)12)11-8-4-15-16-10(8)13-6-14-11;1-2/h4,6-7,9H,2-3,5,12H2,1H3,(H,13,14,15,16);1-2H3. The lowest BCUT2D eigenvalue weighted by Gasteiger charge is -2.35. The number of rotatable bonds is 1. The minimum absolute atomic E-state index is 0.299. The largest absolute Gasteiger partial charge is 0.356 e. The zero-order valence-electron chi connectivity index (χ0n) is 11.8. The molecule has 0 spiro atoms. The molecule has 104 valence electrons. The van der Waals surface area contributed by atoms with E-state index in [1.165, 1.54) is 0 Å². The van der Waals surface area contributed by atoms with Gasteiger partial charge in [0, 0.05) is 19.1 Å². The van der Waals surface area contributed by atoms with Crippen molar-refractivity contribution in [1.82, 2.24) is 20.2 Å². The summed E-state index contributed by atoms with van der Waals surface area (Å²) in [5.74, 6) is 1.45. The summed E-state index contributed by atoms with van der Waals surface area (Å²) in [6, 6.07) is 0.299. The van der Waals surface area contributed by atoms with Crippen LogP contribution in [0.1, 0.15) is 27.2 Å². The van der Waals surface area contributed by atoms with Crippen LogP contribution in [0, 0.1) is 5.92 Å². The maximum absolute atomic E-state index is 6.03. The topological polar surface area (TPSA) is 83.7 Å². The van der Waals surface area contributed by atoms with Gasteiger partial charge in [0.2, 0.25) is 0 Å². The second-order valence-electron chi connectivity index (χ2n) is 4.71. The molecule has 0 saturated carbocycles. The van der Waals surface area contributed by atoms with E-state index in [2.05, 4.69) is 32.0 Å². The first-order valence-electron chi connectivity index (χ1n) is 6.90. The minimum atomic E-state index is 0.299. The van der Waals surface area contributed by atoms with Gasteiger partial charge in [-0.15, -0.1) is 0 Å². The van der Waals surface area contributed by atoms with Crippen molar-refractivity contribution in [2.24, 2.45) is 11.7 Å². The van der Waals surface area contributed by atoms with Gasteiger partial charge in [0.25, 0.3) is 0 Å². The number of nitrogens with one attached hydrogen (secondary N) is 1. The molecule has 3 N–H and O–H groups in total. The van der Waals surface area contributed by atoms with Gasteiger partial charge in [0.1, 0.15) is 12.1 Å². The van der Waals surface area contributed by atoms with Gasteiger partial charge in [-0.2, -0.15) is 5.10 Å². The van der Waals surface area contributed by atoms with Crippen LogP contribution in [0.25, 0.3) is 11.0 Å². The van der Waals surface area contributed by atoms with Crippen molar-refractivity contribution in [2.45, 2.75) is 33.2 Å². The molecular formula is C13H22N6. The third-order valence-electron chi connectivity index (χ3n) is 3.50. The zero-order chi connectivity index (χ0) is 13.8. The monoisotopic (exact) mass is 262 g/mol. The first kappa shape index (κ1) is 13.7. The number of hydrogen-bond acceptors (Lipinski definition) is 5. The van der Waals surface area contributed by atoms with Crippen LogP contribution in [0.5, 0.6) is 0 Å². The second-order valence-corrected chi connectivity index (χ2v) is 4.71. The summed E-state index contributed by atoms with van der Waals surface area (Å²) < 4.78 is 0. The summed E-state index contributed by atoms with van der Waals surface area (Å²) >= 11 is 0.